The van der Waals surface area contributed by atoms with Crippen LogP contribution < -0.4 is 5.32 Å². The molecule has 1 aromatic carbocycles. The molecule has 0 aliphatic carbocycles. The second-order valence-corrected chi connectivity index (χ2v) is 6.37. The number of rotatable bonds is 4. The fourth-order valence-corrected chi connectivity index (χ4v) is 3.08. The van der Waals surface area contributed by atoms with E-state index in [2.05, 4.69) is 69.1 Å². The van der Waals surface area contributed by atoms with Crippen molar-refractivity contribution in [1.82, 2.24) is 9.97 Å². The average molecular weight is 385 g/mol. The van der Waals surface area contributed by atoms with Crippen molar-refractivity contribution in [3.8, 4) is 0 Å². The van der Waals surface area contributed by atoms with E-state index in [-0.39, 0.29) is 0 Å². The van der Waals surface area contributed by atoms with Crippen LogP contribution in [0.4, 0.5) is 5.82 Å². The highest BCUT2D eigenvalue weighted by molar-refractivity contribution is 14.1. The quantitative estimate of drug-likeness (QED) is 0.637. The van der Waals surface area contributed by atoms with E-state index in [4.69, 9.17) is 0 Å². The summed E-state index contributed by atoms with van der Waals surface area (Å²) in [5.41, 5.74) is 2.31. The van der Waals surface area contributed by atoms with Crippen molar-refractivity contribution in [2.75, 3.05) is 12.4 Å². The van der Waals surface area contributed by atoms with E-state index in [1.54, 1.807) is 11.8 Å². The molecule has 0 saturated heterocycles. The minimum Gasteiger partial charge on any atom is -0.372 e. The Labute approximate surface area is 131 Å². The lowest BCUT2D eigenvalue weighted by Gasteiger charge is -2.08. The lowest BCUT2D eigenvalue weighted by Crippen LogP contribution is -2.04. The van der Waals surface area contributed by atoms with Gasteiger partial charge in [0.1, 0.15) is 11.6 Å². The summed E-state index contributed by atoms with van der Waals surface area (Å²) in [6.07, 6.45) is 0. The van der Waals surface area contributed by atoms with Gasteiger partial charge in [0.15, 0.2) is 0 Å². The topological polar surface area (TPSA) is 37.8 Å². The van der Waals surface area contributed by atoms with Crippen LogP contribution in [0, 0.1) is 17.4 Å². The van der Waals surface area contributed by atoms with Gasteiger partial charge in [-0.05, 0) is 48.6 Å². The van der Waals surface area contributed by atoms with Crippen LogP contribution in [-0.4, -0.2) is 17.0 Å². The molecule has 0 aliphatic rings. The molecule has 0 fully saturated rings. The van der Waals surface area contributed by atoms with Gasteiger partial charge in [-0.3, -0.25) is 0 Å². The van der Waals surface area contributed by atoms with Gasteiger partial charge >= 0.3 is 0 Å². The van der Waals surface area contributed by atoms with Gasteiger partial charge < -0.3 is 5.32 Å². The summed E-state index contributed by atoms with van der Waals surface area (Å²) in [5, 5.41) is 3.12. The highest BCUT2D eigenvalue weighted by atomic mass is 127. The van der Waals surface area contributed by atoms with Gasteiger partial charge in [-0.1, -0.05) is 17.7 Å². The number of anilines is 1. The maximum Gasteiger partial charge on any atom is 0.143 e. The molecular formula is C14H16IN3S. The molecule has 5 heteroatoms. The van der Waals surface area contributed by atoms with E-state index in [1.807, 2.05) is 14.0 Å². The SMILES string of the molecule is CNc1nc(CSc2cccc(C)c2)nc(C)c1I. The summed E-state index contributed by atoms with van der Waals surface area (Å²) < 4.78 is 1.09. The minimum atomic E-state index is 0.788. The van der Waals surface area contributed by atoms with E-state index in [0.29, 0.717) is 0 Å². The van der Waals surface area contributed by atoms with Gasteiger partial charge in [0, 0.05) is 11.9 Å². The monoisotopic (exact) mass is 385 g/mol. The van der Waals surface area contributed by atoms with Crippen molar-refractivity contribution in [3.63, 3.8) is 0 Å². The number of thioether (sulfide) groups is 1. The van der Waals surface area contributed by atoms with Crippen LogP contribution in [-0.2, 0) is 5.75 Å². The van der Waals surface area contributed by atoms with Gasteiger partial charge in [0.2, 0.25) is 0 Å². The zero-order valence-electron chi connectivity index (χ0n) is 11.2. The van der Waals surface area contributed by atoms with Crippen LogP contribution in [0.5, 0.6) is 0 Å². The molecule has 3 nitrogen and oxygen atoms in total. The molecule has 0 atom stereocenters. The van der Waals surface area contributed by atoms with Gasteiger partial charge in [-0.25, -0.2) is 9.97 Å². The number of benzene rings is 1. The Kier molecular flexibility index (Phi) is 5.04. The molecule has 2 aromatic rings. The molecule has 0 unspecified atom stereocenters. The standard InChI is InChI=1S/C14H16IN3S/c1-9-5-4-6-11(7-9)19-8-12-17-10(2)13(15)14(16-3)18-12/h4-7H,8H2,1-3H3,(H,16,17,18). The first-order valence-electron chi connectivity index (χ1n) is 6.00. The number of aryl methyl sites for hydroxylation is 2. The number of nitrogens with zero attached hydrogens (tertiary/aromatic N) is 2. The third-order valence-electron chi connectivity index (χ3n) is 2.66. The second-order valence-electron chi connectivity index (χ2n) is 4.24. The summed E-state index contributed by atoms with van der Waals surface area (Å²) in [6, 6.07) is 8.49. The van der Waals surface area contributed by atoms with E-state index in [0.717, 1.165) is 26.7 Å². The largest absolute Gasteiger partial charge is 0.372 e. The summed E-state index contributed by atoms with van der Waals surface area (Å²) in [7, 11) is 1.89. The Hall–Kier alpha value is -0.820. The molecule has 0 bridgehead atoms. The zero-order valence-corrected chi connectivity index (χ0v) is 14.2. The lowest BCUT2D eigenvalue weighted by atomic mass is 10.2. The first kappa shape index (κ1) is 14.6. The average Bonchev–Trinajstić information content (AvgIpc) is 2.40. The van der Waals surface area contributed by atoms with Crippen LogP contribution in [0.3, 0.4) is 0 Å². The van der Waals surface area contributed by atoms with Crippen LogP contribution in [0.15, 0.2) is 29.2 Å². The molecule has 0 radical (unpaired) electrons. The molecule has 1 aromatic heterocycles. The smallest absolute Gasteiger partial charge is 0.143 e. The summed E-state index contributed by atoms with van der Waals surface area (Å²) in [6.45, 7) is 4.12. The molecular weight excluding hydrogens is 369 g/mol. The predicted molar refractivity (Wildman–Crippen MR) is 89.8 cm³/mol. The molecule has 0 amide bonds. The third-order valence-corrected chi connectivity index (χ3v) is 4.94. The highest BCUT2D eigenvalue weighted by Crippen LogP contribution is 2.24. The summed E-state index contributed by atoms with van der Waals surface area (Å²) >= 11 is 4.04. The molecule has 0 saturated carbocycles. The summed E-state index contributed by atoms with van der Waals surface area (Å²) in [4.78, 5) is 10.3. The molecule has 0 spiro atoms. The van der Waals surface area contributed by atoms with E-state index >= 15 is 0 Å². The van der Waals surface area contributed by atoms with Gasteiger partial charge in [0.25, 0.3) is 0 Å². The predicted octanol–water partition coefficient (Wildman–Crippen LogP) is 4.03. The Bertz CT molecular complexity index is 587. The molecule has 2 rings (SSSR count). The number of aromatic nitrogens is 2. The molecule has 19 heavy (non-hydrogen) atoms. The van der Waals surface area contributed by atoms with E-state index in [1.165, 1.54) is 10.5 Å². The van der Waals surface area contributed by atoms with Crippen LogP contribution >= 0.6 is 34.4 Å². The first-order chi connectivity index (χ1) is 9.10. The number of hydrogen-bond acceptors (Lipinski definition) is 4. The Morgan fingerprint density at radius 3 is 2.74 bits per heavy atom. The van der Waals surface area contributed by atoms with Crippen molar-refractivity contribution in [2.45, 2.75) is 24.5 Å². The lowest BCUT2D eigenvalue weighted by molar-refractivity contribution is 0.984. The van der Waals surface area contributed by atoms with Crippen molar-refractivity contribution in [3.05, 3.63) is 44.9 Å². The van der Waals surface area contributed by atoms with Crippen molar-refractivity contribution in [1.29, 1.82) is 0 Å². The van der Waals surface area contributed by atoms with Crippen molar-refractivity contribution >= 4 is 40.2 Å². The molecule has 100 valence electrons. The first-order valence-corrected chi connectivity index (χ1v) is 8.07. The molecule has 0 aliphatic heterocycles. The van der Waals surface area contributed by atoms with Crippen LogP contribution in [0.1, 0.15) is 17.1 Å². The Balaban J connectivity index is 2.13. The normalized spacial score (nSPS) is 10.5. The van der Waals surface area contributed by atoms with E-state index < -0.39 is 0 Å². The maximum atomic E-state index is 4.54. The van der Waals surface area contributed by atoms with E-state index in [9.17, 15) is 0 Å². The van der Waals surface area contributed by atoms with Gasteiger partial charge in [0.05, 0.1) is 15.0 Å². The highest BCUT2D eigenvalue weighted by Gasteiger charge is 2.08. The van der Waals surface area contributed by atoms with Crippen LogP contribution in [0.25, 0.3) is 0 Å². The Morgan fingerprint density at radius 1 is 1.26 bits per heavy atom. The van der Waals surface area contributed by atoms with Gasteiger partial charge in [-0.2, -0.15) is 0 Å². The maximum absolute atomic E-state index is 4.54. The zero-order chi connectivity index (χ0) is 13.8. The molecule has 1 N–H and O–H groups in total. The fourth-order valence-electron chi connectivity index (χ4n) is 1.70. The number of nitrogens with one attached hydrogen (secondary N) is 1. The summed E-state index contributed by atoms with van der Waals surface area (Å²) in [5.74, 6) is 2.57. The molecule has 1 heterocycles. The number of hydrogen-bond donors (Lipinski definition) is 1. The third kappa shape index (κ3) is 3.82. The Morgan fingerprint density at radius 2 is 2.05 bits per heavy atom. The minimum absolute atomic E-state index is 0.788. The fraction of sp³-hybridized carbons (Fsp3) is 0.286. The van der Waals surface area contributed by atoms with Crippen LogP contribution in [0.2, 0.25) is 0 Å². The van der Waals surface area contributed by atoms with Crippen molar-refractivity contribution < 1.29 is 0 Å². The number of halogens is 1. The van der Waals surface area contributed by atoms with Gasteiger partial charge in [-0.15, -0.1) is 11.8 Å². The van der Waals surface area contributed by atoms with Crippen molar-refractivity contribution in [2.24, 2.45) is 0 Å². The second kappa shape index (κ2) is 6.56.